The third-order valence-electron chi connectivity index (χ3n) is 7.68. The molecular weight excluding hydrogens is 510 g/mol. The standard InChI is InChI=1S/C40H27NO/c42-40(37-26-35(28-11-3-1-4-12-28)25-36(27-37)29-13-5-2-6-14-29)34-19-10-17-32(24-34)31-16-9-18-33(23-31)39-38-20-8-7-15-30(38)21-22-41-39/h1-27H. The molecule has 42 heavy (non-hydrogen) atoms. The third kappa shape index (κ3) is 5.02. The Hall–Kier alpha value is -5.60. The van der Waals surface area contributed by atoms with Crippen LogP contribution in [-0.2, 0) is 0 Å². The lowest BCUT2D eigenvalue weighted by molar-refractivity contribution is 0.103. The van der Waals surface area contributed by atoms with Crippen LogP contribution in [-0.4, -0.2) is 10.8 Å². The monoisotopic (exact) mass is 537 g/mol. The van der Waals surface area contributed by atoms with E-state index in [1.807, 2.05) is 91.1 Å². The van der Waals surface area contributed by atoms with Crippen LogP contribution in [0, 0.1) is 0 Å². The van der Waals surface area contributed by atoms with Gasteiger partial charge in [-0.25, -0.2) is 0 Å². The highest BCUT2D eigenvalue weighted by Crippen LogP contribution is 2.32. The molecule has 0 saturated heterocycles. The van der Waals surface area contributed by atoms with Crippen molar-refractivity contribution in [2.75, 3.05) is 0 Å². The summed E-state index contributed by atoms with van der Waals surface area (Å²) in [6, 6.07) is 53.2. The molecule has 0 amide bonds. The van der Waals surface area contributed by atoms with Gasteiger partial charge in [-0.1, -0.05) is 121 Å². The van der Waals surface area contributed by atoms with Crippen LogP contribution in [0.1, 0.15) is 15.9 Å². The summed E-state index contributed by atoms with van der Waals surface area (Å²) >= 11 is 0. The molecule has 7 rings (SSSR count). The van der Waals surface area contributed by atoms with E-state index in [2.05, 4.69) is 72.8 Å². The van der Waals surface area contributed by atoms with Gasteiger partial charge >= 0.3 is 0 Å². The second-order valence-electron chi connectivity index (χ2n) is 10.4. The molecule has 0 fully saturated rings. The van der Waals surface area contributed by atoms with Crippen LogP contribution in [0.3, 0.4) is 0 Å². The molecule has 0 N–H and O–H groups in total. The average molecular weight is 538 g/mol. The van der Waals surface area contributed by atoms with Crippen LogP contribution >= 0.6 is 0 Å². The molecule has 7 aromatic rings. The molecular formula is C40H27NO. The van der Waals surface area contributed by atoms with E-state index in [0.29, 0.717) is 11.1 Å². The van der Waals surface area contributed by atoms with Crippen molar-refractivity contribution < 1.29 is 4.79 Å². The number of rotatable bonds is 6. The normalized spacial score (nSPS) is 11.0. The Morgan fingerprint density at radius 3 is 1.64 bits per heavy atom. The van der Waals surface area contributed by atoms with Gasteiger partial charge in [0.25, 0.3) is 0 Å². The predicted molar refractivity (Wildman–Crippen MR) is 173 cm³/mol. The maximum Gasteiger partial charge on any atom is 0.193 e. The molecule has 1 aromatic heterocycles. The van der Waals surface area contributed by atoms with Gasteiger partial charge in [-0.05, 0) is 75.2 Å². The Morgan fingerprint density at radius 2 is 0.929 bits per heavy atom. The van der Waals surface area contributed by atoms with Crippen LogP contribution < -0.4 is 0 Å². The Balaban J connectivity index is 1.28. The van der Waals surface area contributed by atoms with Crippen molar-refractivity contribution in [2.24, 2.45) is 0 Å². The molecule has 0 bridgehead atoms. The predicted octanol–water partition coefficient (Wildman–Crippen LogP) is 10.1. The molecule has 0 aliphatic heterocycles. The average Bonchev–Trinajstić information content (AvgIpc) is 3.08. The van der Waals surface area contributed by atoms with Crippen molar-refractivity contribution in [1.29, 1.82) is 0 Å². The summed E-state index contributed by atoms with van der Waals surface area (Å²) < 4.78 is 0. The number of benzene rings is 6. The Bertz CT molecular complexity index is 1980. The van der Waals surface area contributed by atoms with E-state index >= 15 is 0 Å². The molecule has 0 radical (unpaired) electrons. The fraction of sp³-hybridized carbons (Fsp3) is 0. The number of carbonyl (C=O) groups excluding carboxylic acids is 1. The Kier molecular flexibility index (Phi) is 6.71. The number of ketones is 1. The number of nitrogens with zero attached hydrogens (tertiary/aromatic N) is 1. The zero-order chi connectivity index (χ0) is 28.3. The zero-order valence-electron chi connectivity index (χ0n) is 22.9. The van der Waals surface area contributed by atoms with Crippen LogP contribution in [0.15, 0.2) is 164 Å². The number of carbonyl (C=O) groups is 1. The van der Waals surface area contributed by atoms with E-state index in [1.165, 1.54) is 0 Å². The first-order valence-corrected chi connectivity index (χ1v) is 14.1. The Morgan fingerprint density at radius 1 is 0.405 bits per heavy atom. The number of hydrogen-bond acceptors (Lipinski definition) is 2. The maximum atomic E-state index is 14.0. The van der Waals surface area contributed by atoms with Gasteiger partial charge in [0.2, 0.25) is 0 Å². The van der Waals surface area contributed by atoms with E-state index in [-0.39, 0.29) is 5.78 Å². The fourth-order valence-electron chi connectivity index (χ4n) is 5.56. The molecule has 0 saturated carbocycles. The first-order valence-electron chi connectivity index (χ1n) is 14.1. The minimum absolute atomic E-state index is 0.00122. The van der Waals surface area contributed by atoms with Crippen molar-refractivity contribution in [3.8, 4) is 44.6 Å². The second-order valence-corrected chi connectivity index (χ2v) is 10.4. The van der Waals surface area contributed by atoms with Crippen LogP contribution in [0.2, 0.25) is 0 Å². The summed E-state index contributed by atoms with van der Waals surface area (Å²) in [5, 5.41) is 2.28. The van der Waals surface area contributed by atoms with Gasteiger partial charge in [-0.2, -0.15) is 0 Å². The summed E-state index contributed by atoms with van der Waals surface area (Å²) in [7, 11) is 0. The topological polar surface area (TPSA) is 30.0 Å². The largest absolute Gasteiger partial charge is 0.289 e. The van der Waals surface area contributed by atoms with Crippen molar-refractivity contribution in [3.63, 3.8) is 0 Å². The number of fused-ring (bicyclic) bond motifs is 1. The summed E-state index contributed by atoms with van der Waals surface area (Å²) in [4.78, 5) is 18.7. The zero-order valence-corrected chi connectivity index (χ0v) is 22.9. The molecule has 2 nitrogen and oxygen atoms in total. The number of hydrogen-bond donors (Lipinski definition) is 0. The van der Waals surface area contributed by atoms with Crippen molar-refractivity contribution in [1.82, 2.24) is 4.98 Å². The van der Waals surface area contributed by atoms with Crippen molar-refractivity contribution in [2.45, 2.75) is 0 Å². The Labute approximate surface area is 245 Å². The van der Waals surface area contributed by atoms with Gasteiger partial charge in [-0.15, -0.1) is 0 Å². The van der Waals surface area contributed by atoms with Gasteiger partial charge < -0.3 is 0 Å². The highest BCUT2D eigenvalue weighted by atomic mass is 16.1. The van der Waals surface area contributed by atoms with Gasteiger partial charge in [0, 0.05) is 28.3 Å². The van der Waals surface area contributed by atoms with Gasteiger partial charge in [0.05, 0.1) is 5.69 Å². The molecule has 6 aromatic carbocycles. The maximum absolute atomic E-state index is 14.0. The summed E-state index contributed by atoms with van der Waals surface area (Å²) in [6.45, 7) is 0. The lowest BCUT2D eigenvalue weighted by Crippen LogP contribution is -2.02. The lowest BCUT2D eigenvalue weighted by Gasteiger charge is -2.12. The fourth-order valence-corrected chi connectivity index (χ4v) is 5.56. The molecule has 198 valence electrons. The second kappa shape index (κ2) is 11.1. The molecule has 0 spiro atoms. The summed E-state index contributed by atoms with van der Waals surface area (Å²) in [5.41, 5.74) is 9.56. The van der Waals surface area contributed by atoms with E-state index in [9.17, 15) is 4.79 Å². The van der Waals surface area contributed by atoms with E-state index in [4.69, 9.17) is 4.98 Å². The molecule has 2 heteroatoms. The smallest absolute Gasteiger partial charge is 0.193 e. The summed E-state index contributed by atoms with van der Waals surface area (Å²) in [6.07, 6.45) is 1.86. The van der Waals surface area contributed by atoms with Gasteiger partial charge in [0.1, 0.15) is 0 Å². The molecule has 0 aliphatic rings. The molecule has 0 atom stereocenters. The molecule has 1 heterocycles. The van der Waals surface area contributed by atoms with Gasteiger partial charge in [0.15, 0.2) is 5.78 Å². The summed E-state index contributed by atoms with van der Waals surface area (Å²) in [5.74, 6) is -0.00122. The first-order chi connectivity index (χ1) is 20.7. The third-order valence-corrected chi connectivity index (χ3v) is 7.68. The SMILES string of the molecule is O=C(c1cccc(-c2cccc(-c3nccc4ccccc34)c2)c1)c1cc(-c2ccccc2)cc(-c2ccccc2)c1. The highest BCUT2D eigenvalue weighted by Gasteiger charge is 2.15. The molecule has 0 unspecified atom stereocenters. The van der Waals surface area contributed by atoms with E-state index in [1.54, 1.807) is 0 Å². The van der Waals surface area contributed by atoms with Gasteiger partial charge in [-0.3, -0.25) is 9.78 Å². The van der Waals surface area contributed by atoms with Crippen molar-refractivity contribution in [3.05, 3.63) is 175 Å². The van der Waals surface area contributed by atoms with Crippen molar-refractivity contribution >= 4 is 16.6 Å². The molecule has 0 aliphatic carbocycles. The van der Waals surface area contributed by atoms with E-state index < -0.39 is 0 Å². The van der Waals surface area contributed by atoms with Crippen LogP contribution in [0.25, 0.3) is 55.4 Å². The number of pyridine rings is 1. The quantitative estimate of drug-likeness (QED) is 0.198. The number of aromatic nitrogens is 1. The highest BCUT2D eigenvalue weighted by molar-refractivity contribution is 6.11. The van der Waals surface area contributed by atoms with Crippen LogP contribution in [0.4, 0.5) is 0 Å². The first kappa shape index (κ1) is 25.4. The minimum atomic E-state index is -0.00122. The minimum Gasteiger partial charge on any atom is -0.289 e. The van der Waals surface area contributed by atoms with Crippen LogP contribution in [0.5, 0.6) is 0 Å². The van der Waals surface area contributed by atoms with E-state index in [0.717, 1.165) is 55.4 Å². The lowest BCUT2D eigenvalue weighted by atomic mass is 9.92.